The van der Waals surface area contributed by atoms with E-state index in [0.717, 1.165) is 53.5 Å². The second-order valence-corrected chi connectivity index (χ2v) is 8.24. The lowest BCUT2D eigenvalue weighted by atomic mass is 10.0. The van der Waals surface area contributed by atoms with E-state index in [1.54, 1.807) is 30.1 Å². The third-order valence-corrected chi connectivity index (χ3v) is 6.44. The molecular weight excluding hydrogens is 415 g/mol. The molecule has 2 heterocycles. The maximum atomic E-state index is 13.0. The van der Waals surface area contributed by atoms with Gasteiger partial charge in [-0.3, -0.25) is 4.98 Å². The van der Waals surface area contributed by atoms with Gasteiger partial charge in [0.05, 0.1) is 10.7 Å². The molecule has 0 fully saturated rings. The Kier molecular flexibility index (Phi) is 7.93. The van der Waals surface area contributed by atoms with Crippen LogP contribution in [0.15, 0.2) is 59.6 Å². The van der Waals surface area contributed by atoms with E-state index >= 15 is 0 Å². The number of halogens is 2. The molecule has 0 amide bonds. The Morgan fingerprint density at radius 2 is 1.70 bits per heavy atom. The van der Waals surface area contributed by atoms with E-state index in [4.69, 9.17) is 11.6 Å². The lowest BCUT2D eigenvalue weighted by molar-refractivity contribution is 0.627. The van der Waals surface area contributed by atoms with Crippen molar-refractivity contribution in [2.24, 2.45) is 0 Å². The van der Waals surface area contributed by atoms with E-state index in [2.05, 4.69) is 28.2 Å². The molecule has 0 radical (unpaired) electrons. The van der Waals surface area contributed by atoms with Gasteiger partial charge in [0.15, 0.2) is 0 Å². The number of aromatic nitrogens is 1. The SMILES string of the molecule is C.Fc1ccc(C#Cc2ccc(CSc3c(Cl)ccc4c3CCNCC4)nc2)cc1. The fourth-order valence-corrected chi connectivity index (χ4v) is 4.69. The predicted molar refractivity (Wildman–Crippen MR) is 125 cm³/mol. The fourth-order valence-electron chi connectivity index (χ4n) is 3.27. The van der Waals surface area contributed by atoms with Crippen molar-refractivity contribution in [3.05, 3.63) is 93.5 Å². The second kappa shape index (κ2) is 10.6. The fraction of sp³-hybridized carbons (Fsp3) is 0.240. The van der Waals surface area contributed by atoms with Gasteiger partial charge < -0.3 is 5.32 Å². The van der Waals surface area contributed by atoms with E-state index in [1.165, 1.54) is 28.2 Å². The predicted octanol–water partition coefficient (Wildman–Crippen LogP) is 5.89. The highest BCUT2D eigenvalue weighted by Gasteiger charge is 2.15. The van der Waals surface area contributed by atoms with Gasteiger partial charge in [-0.15, -0.1) is 11.8 Å². The number of nitrogens with one attached hydrogen (secondary N) is 1. The molecule has 1 aromatic heterocycles. The van der Waals surface area contributed by atoms with Crippen LogP contribution in [0.5, 0.6) is 0 Å². The summed E-state index contributed by atoms with van der Waals surface area (Å²) < 4.78 is 13.0. The molecule has 0 unspecified atom stereocenters. The van der Waals surface area contributed by atoms with Gasteiger partial charge in [0.25, 0.3) is 0 Å². The average molecular weight is 439 g/mol. The number of hydrogen-bond acceptors (Lipinski definition) is 3. The maximum absolute atomic E-state index is 13.0. The number of rotatable bonds is 3. The summed E-state index contributed by atoms with van der Waals surface area (Å²) in [6, 6.07) is 14.3. The first-order valence-electron chi connectivity index (χ1n) is 9.55. The molecule has 0 spiro atoms. The molecule has 0 saturated carbocycles. The zero-order chi connectivity index (χ0) is 20.1. The van der Waals surface area contributed by atoms with Crippen molar-refractivity contribution in [1.82, 2.24) is 10.3 Å². The molecule has 5 heteroatoms. The number of pyridine rings is 1. The third kappa shape index (κ3) is 5.64. The Morgan fingerprint density at radius 1 is 0.967 bits per heavy atom. The van der Waals surface area contributed by atoms with E-state index in [-0.39, 0.29) is 13.2 Å². The van der Waals surface area contributed by atoms with Gasteiger partial charge in [0.2, 0.25) is 0 Å². The van der Waals surface area contributed by atoms with Crippen LogP contribution in [0.25, 0.3) is 0 Å². The van der Waals surface area contributed by atoms with Crippen molar-refractivity contribution in [3.63, 3.8) is 0 Å². The molecule has 0 aliphatic carbocycles. The first-order chi connectivity index (χ1) is 14.2. The molecule has 154 valence electrons. The summed E-state index contributed by atoms with van der Waals surface area (Å²) in [4.78, 5) is 5.72. The molecule has 4 rings (SSSR count). The number of nitrogens with zero attached hydrogens (tertiary/aromatic N) is 1. The molecular formula is C25H24ClFN2S. The van der Waals surface area contributed by atoms with Gasteiger partial charge in [-0.1, -0.05) is 36.9 Å². The van der Waals surface area contributed by atoms with Gasteiger partial charge in [0, 0.05) is 28.0 Å². The van der Waals surface area contributed by atoms with Crippen LogP contribution in [-0.4, -0.2) is 18.1 Å². The largest absolute Gasteiger partial charge is 0.316 e. The minimum Gasteiger partial charge on any atom is -0.316 e. The molecule has 1 aliphatic rings. The van der Waals surface area contributed by atoms with Crippen molar-refractivity contribution in [2.75, 3.05) is 13.1 Å². The third-order valence-electron chi connectivity index (χ3n) is 4.82. The summed E-state index contributed by atoms with van der Waals surface area (Å²) in [7, 11) is 0. The molecule has 30 heavy (non-hydrogen) atoms. The number of fused-ring (bicyclic) bond motifs is 1. The lowest BCUT2D eigenvalue weighted by Crippen LogP contribution is -2.16. The summed E-state index contributed by atoms with van der Waals surface area (Å²) in [5, 5.41) is 4.27. The van der Waals surface area contributed by atoms with Gasteiger partial charge in [-0.05, 0) is 79.5 Å². The van der Waals surface area contributed by atoms with Crippen LogP contribution < -0.4 is 5.32 Å². The molecule has 1 aliphatic heterocycles. The van der Waals surface area contributed by atoms with Gasteiger partial charge >= 0.3 is 0 Å². The summed E-state index contributed by atoms with van der Waals surface area (Å²) in [6.45, 7) is 2.00. The summed E-state index contributed by atoms with van der Waals surface area (Å²) in [5.74, 6) is 6.60. The highest BCUT2D eigenvalue weighted by Crippen LogP contribution is 2.35. The lowest BCUT2D eigenvalue weighted by Gasteiger charge is -2.13. The van der Waals surface area contributed by atoms with Crippen molar-refractivity contribution >= 4 is 23.4 Å². The Labute approximate surface area is 187 Å². The maximum Gasteiger partial charge on any atom is 0.123 e. The number of thioether (sulfide) groups is 1. The van der Waals surface area contributed by atoms with Crippen molar-refractivity contribution < 1.29 is 4.39 Å². The van der Waals surface area contributed by atoms with Gasteiger partial charge in [0.1, 0.15) is 5.82 Å². The van der Waals surface area contributed by atoms with Crippen LogP contribution >= 0.6 is 23.4 Å². The quantitative estimate of drug-likeness (QED) is 0.407. The summed E-state index contributed by atoms with van der Waals surface area (Å²) >= 11 is 8.26. The molecule has 0 saturated heterocycles. The highest BCUT2D eigenvalue weighted by atomic mass is 35.5. The molecule has 3 aromatic rings. The zero-order valence-corrected chi connectivity index (χ0v) is 17.4. The van der Waals surface area contributed by atoms with Crippen molar-refractivity contribution in [3.8, 4) is 11.8 Å². The van der Waals surface area contributed by atoms with E-state index in [9.17, 15) is 4.39 Å². The van der Waals surface area contributed by atoms with Crippen LogP contribution in [0.2, 0.25) is 5.02 Å². The van der Waals surface area contributed by atoms with Crippen LogP contribution in [-0.2, 0) is 18.6 Å². The van der Waals surface area contributed by atoms with Gasteiger partial charge in [-0.2, -0.15) is 0 Å². The van der Waals surface area contributed by atoms with Crippen LogP contribution in [0.4, 0.5) is 4.39 Å². The minimum atomic E-state index is -0.259. The first-order valence-corrected chi connectivity index (χ1v) is 10.9. The molecule has 2 aromatic carbocycles. The average Bonchev–Trinajstić information content (AvgIpc) is 2.99. The summed E-state index contributed by atoms with van der Waals surface area (Å²) in [5.41, 5.74) is 5.36. The van der Waals surface area contributed by atoms with Crippen LogP contribution in [0.1, 0.15) is 35.4 Å². The topological polar surface area (TPSA) is 24.9 Å². The number of benzene rings is 2. The van der Waals surface area contributed by atoms with E-state index in [0.29, 0.717) is 0 Å². The van der Waals surface area contributed by atoms with Crippen molar-refractivity contribution in [1.29, 1.82) is 0 Å². The monoisotopic (exact) mass is 438 g/mol. The summed E-state index contributed by atoms with van der Waals surface area (Å²) in [6.07, 6.45) is 3.83. The Balaban J connectivity index is 0.00000256. The molecule has 1 N–H and O–H groups in total. The Bertz CT molecular complexity index is 1050. The minimum absolute atomic E-state index is 0. The Hall–Kier alpha value is -2.32. The van der Waals surface area contributed by atoms with E-state index in [1.807, 2.05) is 18.2 Å². The second-order valence-electron chi connectivity index (χ2n) is 6.85. The standard InChI is InChI=1S/C24H20ClFN2S.CH4/c25-23-10-6-19-11-13-27-14-12-22(19)24(23)29-16-21-9-5-18(15-28-21)2-1-17-3-7-20(26)8-4-17;/h3-10,15,27H,11-14,16H2;1H4. The van der Waals surface area contributed by atoms with E-state index < -0.39 is 0 Å². The highest BCUT2D eigenvalue weighted by molar-refractivity contribution is 7.98. The van der Waals surface area contributed by atoms with Crippen molar-refractivity contribution in [2.45, 2.75) is 30.9 Å². The van der Waals surface area contributed by atoms with Crippen LogP contribution in [0, 0.1) is 17.7 Å². The Morgan fingerprint density at radius 3 is 2.47 bits per heavy atom. The van der Waals surface area contributed by atoms with Gasteiger partial charge in [-0.25, -0.2) is 4.39 Å². The zero-order valence-electron chi connectivity index (χ0n) is 15.8. The first kappa shape index (κ1) is 22.4. The normalized spacial score (nSPS) is 12.7. The number of hydrogen-bond donors (Lipinski definition) is 1. The molecule has 0 bridgehead atoms. The molecule has 2 nitrogen and oxygen atoms in total. The van der Waals surface area contributed by atoms with Crippen LogP contribution in [0.3, 0.4) is 0 Å². The smallest absolute Gasteiger partial charge is 0.123 e. The molecule has 0 atom stereocenters.